The highest BCUT2D eigenvalue weighted by Crippen LogP contribution is 2.38. The van der Waals surface area contributed by atoms with Crippen molar-refractivity contribution in [2.24, 2.45) is 0 Å². The molecule has 1 saturated carbocycles. The van der Waals surface area contributed by atoms with Gasteiger partial charge in [0, 0.05) is 18.2 Å². The van der Waals surface area contributed by atoms with Crippen molar-refractivity contribution >= 4 is 0 Å². The zero-order valence-corrected chi connectivity index (χ0v) is 23.3. The molecule has 40 heavy (non-hydrogen) atoms. The predicted octanol–water partition coefficient (Wildman–Crippen LogP) is 9.54. The normalized spacial score (nSPS) is 17.0. The van der Waals surface area contributed by atoms with Crippen LogP contribution in [0.25, 0.3) is 11.1 Å². The number of hydrogen-bond acceptors (Lipinski definition) is 3. The van der Waals surface area contributed by atoms with E-state index in [1.54, 1.807) is 54.6 Å². The number of allylic oxidation sites excluding steroid dienone is 1. The summed E-state index contributed by atoms with van der Waals surface area (Å²) >= 11 is 0. The van der Waals surface area contributed by atoms with Crippen LogP contribution >= 0.6 is 0 Å². The number of ether oxygens (including phenoxy) is 3. The number of hydrogen-bond donors (Lipinski definition) is 0. The van der Waals surface area contributed by atoms with Gasteiger partial charge in [-0.25, -0.2) is 13.2 Å². The van der Waals surface area contributed by atoms with Crippen LogP contribution in [-0.4, -0.2) is 19.3 Å². The van der Waals surface area contributed by atoms with Crippen LogP contribution in [0, 0.1) is 17.5 Å². The summed E-state index contributed by atoms with van der Waals surface area (Å²) in [4.78, 5) is 0. The Hall–Kier alpha value is -3.25. The fourth-order valence-electron chi connectivity index (χ4n) is 5.08. The van der Waals surface area contributed by atoms with Crippen molar-refractivity contribution in [1.82, 2.24) is 0 Å². The van der Waals surface area contributed by atoms with E-state index in [4.69, 9.17) is 14.2 Å². The van der Waals surface area contributed by atoms with Gasteiger partial charge < -0.3 is 14.2 Å². The Morgan fingerprint density at radius 3 is 2.33 bits per heavy atom. The highest BCUT2D eigenvalue weighted by molar-refractivity contribution is 5.65. The van der Waals surface area contributed by atoms with Crippen molar-refractivity contribution in [2.45, 2.75) is 76.9 Å². The van der Waals surface area contributed by atoms with Crippen LogP contribution in [0.2, 0.25) is 0 Å². The fourth-order valence-corrected chi connectivity index (χ4v) is 5.08. The van der Waals surface area contributed by atoms with Gasteiger partial charge in [0.25, 0.3) is 0 Å². The monoisotopic (exact) mass is 552 g/mol. The van der Waals surface area contributed by atoms with E-state index in [2.05, 4.69) is 13.5 Å². The van der Waals surface area contributed by atoms with E-state index < -0.39 is 17.5 Å². The predicted molar refractivity (Wildman–Crippen MR) is 153 cm³/mol. The topological polar surface area (TPSA) is 27.7 Å². The summed E-state index contributed by atoms with van der Waals surface area (Å²) in [7, 11) is 0. The summed E-state index contributed by atoms with van der Waals surface area (Å²) in [5.41, 5.74) is 2.10. The summed E-state index contributed by atoms with van der Waals surface area (Å²) in [6, 6.07) is 15.0. The van der Waals surface area contributed by atoms with E-state index in [9.17, 15) is 4.39 Å². The van der Waals surface area contributed by atoms with Crippen LogP contribution in [0.3, 0.4) is 0 Å². The summed E-state index contributed by atoms with van der Waals surface area (Å²) in [6.45, 7) is 7.19. The second-order valence-corrected chi connectivity index (χ2v) is 10.4. The SMILES string of the molecule is C=CCCCOc1ccc(OCc2ccc(-c3ccc(C4CCC(OCCCC)CC4)c(F)c3F)cc2)cc1F. The minimum Gasteiger partial charge on any atom is -0.491 e. The summed E-state index contributed by atoms with van der Waals surface area (Å²) in [5.74, 6) is -1.48. The molecule has 0 aliphatic heterocycles. The largest absolute Gasteiger partial charge is 0.491 e. The van der Waals surface area contributed by atoms with Crippen LogP contribution in [0.4, 0.5) is 13.2 Å². The molecule has 0 N–H and O–H groups in total. The minimum absolute atomic E-state index is 0.0109. The molecule has 0 aromatic heterocycles. The van der Waals surface area contributed by atoms with Gasteiger partial charge >= 0.3 is 0 Å². The van der Waals surface area contributed by atoms with Crippen LogP contribution in [0.5, 0.6) is 11.5 Å². The van der Waals surface area contributed by atoms with E-state index >= 15 is 8.78 Å². The molecule has 0 amide bonds. The first-order valence-corrected chi connectivity index (χ1v) is 14.3. The quantitative estimate of drug-likeness (QED) is 0.147. The van der Waals surface area contributed by atoms with Crippen molar-refractivity contribution in [3.63, 3.8) is 0 Å². The lowest BCUT2D eigenvalue weighted by molar-refractivity contribution is 0.0230. The Labute approximate surface area is 236 Å². The van der Waals surface area contributed by atoms with Crippen molar-refractivity contribution in [1.29, 1.82) is 0 Å². The van der Waals surface area contributed by atoms with Crippen LogP contribution in [-0.2, 0) is 11.3 Å². The molecule has 0 radical (unpaired) electrons. The smallest absolute Gasteiger partial charge is 0.168 e. The minimum atomic E-state index is -0.815. The van der Waals surface area contributed by atoms with Gasteiger partial charge in [-0.2, -0.15) is 0 Å². The van der Waals surface area contributed by atoms with Gasteiger partial charge in [-0.05, 0) is 79.7 Å². The van der Waals surface area contributed by atoms with Crippen LogP contribution in [0.15, 0.2) is 67.3 Å². The van der Waals surface area contributed by atoms with Crippen molar-refractivity contribution in [2.75, 3.05) is 13.2 Å². The third kappa shape index (κ3) is 7.91. The molecule has 1 aliphatic rings. The standard InChI is InChI=1S/C34H39F3O3/c1-3-5-7-21-39-32-19-16-28(22-31(32)35)40-23-24-8-10-25(11-9-24)29-17-18-30(34(37)33(29)36)26-12-14-27(15-13-26)38-20-6-4-2/h3,8-11,16-19,22,26-27H,1,4-7,12-15,20-21,23H2,2H3. The first-order valence-electron chi connectivity index (χ1n) is 14.3. The van der Waals surface area contributed by atoms with Gasteiger partial charge in [-0.1, -0.05) is 55.8 Å². The molecule has 1 aliphatic carbocycles. The second kappa shape index (κ2) is 14.9. The lowest BCUT2D eigenvalue weighted by atomic mass is 9.82. The molecule has 3 aromatic rings. The molecular formula is C34H39F3O3. The number of benzene rings is 3. The van der Waals surface area contributed by atoms with Crippen molar-refractivity contribution in [3.05, 3.63) is 95.8 Å². The molecule has 6 heteroatoms. The first-order chi connectivity index (χ1) is 19.5. The van der Waals surface area contributed by atoms with E-state index in [1.807, 2.05) is 0 Å². The highest BCUT2D eigenvalue weighted by Gasteiger charge is 2.27. The zero-order chi connectivity index (χ0) is 28.3. The molecule has 1 fully saturated rings. The average molecular weight is 553 g/mol. The Morgan fingerprint density at radius 1 is 0.850 bits per heavy atom. The lowest BCUT2D eigenvalue weighted by Crippen LogP contribution is -2.22. The van der Waals surface area contributed by atoms with Crippen LogP contribution < -0.4 is 9.47 Å². The summed E-state index contributed by atoms with van der Waals surface area (Å²) < 4.78 is 61.7. The third-order valence-electron chi connectivity index (χ3n) is 7.46. The molecular weight excluding hydrogens is 513 g/mol. The Bertz CT molecular complexity index is 1230. The third-order valence-corrected chi connectivity index (χ3v) is 7.46. The van der Waals surface area contributed by atoms with Crippen molar-refractivity contribution in [3.8, 4) is 22.6 Å². The number of unbranched alkanes of at least 4 members (excludes halogenated alkanes) is 2. The molecule has 4 rings (SSSR count). The molecule has 0 spiro atoms. The average Bonchev–Trinajstić information content (AvgIpc) is 2.97. The van der Waals surface area contributed by atoms with E-state index in [0.717, 1.165) is 63.5 Å². The maximum atomic E-state index is 15.2. The van der Waals surface area contributed by atoms with Gasteiger partial charge in [0.1, 0.15) is 12.4 Å². The Morgan fingerprint density at radius 2 is 1.62 bits per heavy atom. The van der Waals surface area contributed by atoms with Crippen molar-refractivity contribution < 1.29 is 27.4 Å². The Balaban J connectivity index is 1.32. The lowest BCUT2D eigenvalue weighted by Gasteiger charge is -2.29. The van der Waals surface area contributed by atoms with Crippen LogP contribution in [0.1, 0.15) is 75.3 Å². The maximum Gasteiger partial charge on any atom is 0.168 e. The fraction of sp³-hybridized carbons (Fsp3) is 0.412. The summed E-state index contributed by atoms with van der Waals surface area (Å²) in [6.07, 6.45) is 9.12. The van der Waals surface area contributed by atoms with Gasteiger partial charge in [0.05, 0.1) is 12.7 Å². The van der Waals surface area contributed by atoms with E-state index in [0.29, 0.717) is 23.5 Å². The molecule has 0 saturated heterocycles. The Kier molecular flexibility index (Phi) is 11.1. The number of halogens is 3. The van der Waals surface area contributed by atoms with Gasteiger partial charge in [-0.15, -0.1) is 6.58 Å². The molecule has 0 bridgehead atoms. The first kappa shape index (κ1) is 29.7. The molecule has 214 valence electrons. The van der Waals surface area contributed by atoms with Gasteiger partial charge in [0.15, 0.2) is 23.2 Å². The number of rotatable bonds is 14. The van der Waals surface area contributed by atoms with Gasteiger partial charge in [-0.3, -0.25) is 0 Å². The molecule has 0 atom stereocenters. The molecule has 3 aromatic carbocycles. The zero-order valence-electron chi connectivity index (χ0n) is 23.3. The highest BCUT2D eigenvalue weighted by atomic mass is 19.2. The van der Waals surface area contributed by atoms with Gasteiger partial charge in [0.2, 0.25) is 0 Å². The van der Waals surface area contributed by atoms with E-state index in [-0.39, 0.29) is 29.9 Å². The molecule has 3 nitrogen and oxygen atoms in total. The molecule has 0 unspecified atom stereocenters. The van der Waals surface area contributed by atoms with E-state index in [1.165, 1.54) is 6.07 Å². The molecule has 0 heterocycles. The maximum absolute atomic E-state index is 15.2. The second-order valence-electron chi connectivity index (χ2n) is 10.4. The summed E-state index contributed by atoms with van der Waals surface area (Å²) in [5, 5.41) is 0.